The highest BCUT2D eigenvalue weighted by Gasteiger charge is 2.11. The summed E-state index contributed by atoms with van der Waals surface area (Å²) in [5, 5.41) is 9.91. The summed E-state index contributed by atoms with van der Waals surface area (Å²) in [7, 11) is 0. The van der Waals surface area contributed by atoms with Crippen molar-refractivity contribution in [3.63, 3.8) is 0 Å². The van der Waals surface area contributed by atoms with Crippen LogP contribution in [0.3, 0.4) is 0 Å². The molecule has 1 N–H and O–H groups in total. The molecule has 7 heteroatoms. The topological polar surface area (TPSA) is 64.0 Å². The first kappa shape index (κ1) is 19.2. The van der Waals surface area contributed by atoms with Gasteiger partial charge in [-0.3, -0.25) is 9.59 Å². The molecule has 0 spiro atoms. The Hall–Kier alpha value is -3.15. The zero-order valence-electron chi connectivity index (χ0n) is 15.1. The molecule has 5 nitrogen and oxygen atoms in total. The molecule has 0 aliphatic carbocycles. The molecule has 29 heavy (non-hydrogen) atoms. The van der Waals surface area contributed by atoms with Crippen molar-refractivity contribution in [2.75, 3.05) is 5.32 Å². The van der Waals surface area contributed by atoms with Crippen molar-refractivity contribution < 1.29 is 4.79 Å². The van der Waals surface area contributed by atoms with Crippen molar-refractivity contribution >= 4 is 45.6 Å². The fraction of sp³-hybridized carbons (Fsp3) is 0.0455. The molecule has 0 saturated carbocycles. The summed E-state index contributed by atoms with van der Waals surface area (Å²) in [6.45, 7) is -0.225. The molecule has 1 aromatic heterocycles. The zero-order valence-corrected chi connectivity index (χ0v) is 16.6. The van der Waals surface area contributed by atoms with Crippen molar-refractivity contribution in [2.45, 2.75) is 6.54 Å². The van der Waals surface area contributed by atoms with Crippen LogP contribution < -0.4 is 10.9 Å². The Morgan fingerprint density at radius 3 is 2.55 bits per heavy atom. The van der Waals surface area contributed by atoms with E-state index >= 15 is 0 Å². The molecule has 4 rings (SSSR count). The van der Waals surface area contributed by atoms with Gasteiger partial charge in [-0.2, -0.15) is 5.10 Å². The molecule has 0 saturated heterocycles. The number of hydrogen-bond acceptors (Lipinski definition) is 3. The number of nitrogens with one attached hydrogen (secondary N) is 1. The van der Waals surface area contributed by atoms with Gasteiger partial charge in [0.2, 0.25) is 5.91 Å². The number of rotatable bonds is 4. The van der Waals surface area contributed by atoms with Crippen LogP contribution in [0.5, 0.6) is 0 Å². The number of fused-ring (bicyclic) bond motifs is 1. The Morgan fingerprint density at radius 1 is 0.931 bits per heavy atom. The summed E-state index contributed by atoms with van der Waals surface area (Å²) in [5.41, 5.74) is 1.63. The van der Waals surface area contributed by atoms with E-state index < -0.39 is 5.91 Å². The van der Waals surface area contributed by atoms with Crippen LogP contribution in [0, 0.1) is 0 Å². The third kappa shape index (κ3) is 4.16. The lowest BCUT2D eigenvalue weighted by molar-refractivity contribution is -0.117. The number of nitrogens with zero attached hydrogens (tertiary/aromatic N) is 2. The fourth-order valence-corrected chi connectivity index (χ4v) is 3.36. The molecular weight excluding hydrogens is 409 g/mol. The van der Waals surface area contributed by atoms with Crippen LogP contribution in [-0.4, -0.2) is 15.7 Å². The lowest BCUT2D eigenvalue weighted by atomic mass is 10.0. The van der Waals surface area contributed by atoms with Crippen molar-refractivity contribution in [1.29, 1.82) is 0 Å². The third-order valence-corrected chi connectivity index (χ3v) is 5.17. The van der Waals surface area contributed by atoms with E-state index in [1.165, 1.54) is 6.07 Å². The number of anilines is 1. The van der Waals surface area contributed by atoms with Crippen LogP contribution in [0.15, 0.2) is 77.6 Å². The maximum Gasteiger partial charge on any atom is 0.267 e. The molecule has 3 aromatic carbocycles. The first-order valence-corrected chi connectivity index (χ1v) is 9.58. The molecular formula is C22H15Cl2N3O2. The van der Waals surface area contributed by atoms with Gasteiger partial charge in [-0.15, -0.1) is 0 Å². The van der Waals surface area contributed by atoms with Crippen LogP contribution in [0.25, 0.3) is 22.0 Å². The minimum atomic E-state index is -0.395. The molecule has 0 atom stereocenters. The summed E-state index contributed by atoms with van der Waals surface area (Å²) in [6.07, 6.45) is 0. The molecule has 0 unspecified atom stereocenters. The van der Waals surface area contributed by atoms with Gasteiger partial charge in [0.15, 0.2) is 0 Å². The highest BCUT2D eigenvalue weighted by molar-refractivity contribution is 6.42. The highest BCUT2D eigenvalue weighted by Crippen LogP contribution is 2.27. The average molecular weight is 424 g/mol. The maximum absolute atomic E-state index is 12.4. The molecule has 0 radical (unpaired) electrons. The van der Waals surface area contributed by atoms with Gasteiger partial charge >= 0.3 is 0 Å². The lowest BCUT2D eigenvalue weighted by Gasteiger charge is -2.10. The van der Waals surface area contributed by atoms with E-state index in [4.69, 9.17) is 23.2 Å². The Bertz CT molecular complexity index is 1280. The predicted octanol–water partition coefficient (Wildman–Crippen LogP) is 5.01. The Morgan fingerprint density at radius 2 is 1.72 bits per heavy atom. The smallest absolute Gasteiger partial charge is 0.267 e. The number of carbonyl (C=O) groups is 1. The summed E-state index contributed by atoms with van der Waals surface area (Å²) in [5.74, 6) is -0.395. The van der Waals surface area contributed by atoms with E-state index in [0.717, 1.165) is 21.0 Å². The average Bonchev–Trinajstić information content (AvgIpc) is 2.72. The Labute approximate surface area is 176 Å². The molecule has 1 heterocycles. The zero-order chi connectivity index (χ0) is 20.4. The van der Waals surface area contributed by atoms with E-state index in [-0.39, 0.29) is 12.1 Å². The van der Waals surface area contributed by atoms with Crippen molar-refractivity contribution in [3.05, 3.63) is 93.2 Å². The van der Waals surface area contributed by atoms with Gasteiger partial charge in [0.1, 0.15) is 6.54 Å². The van der Waals surface area contributed by atoms with Gasteiger partial charge in [0, 0.05) is 17.3 Å². The van der Waals surface area contributed by atoms with E-state index in [1.807, 2.05) is 42.5 Å². The normalized spacial score (nSPS) is 10.8. The minimum Gasteiger partial charge on any atom is -0.324 e. The second-order valence-electron chi connectivity index (χ2n) is 6.42. The predicted molar refractivity (Wildman–Crippen MR) is 117 cm³/mol. The molecule has 4 aromatic rings. The number of halogens is 2. The van der Waals surface area contributed by atoms with Crippen molar-refractivity contribution in [1.82, 2.24) is 9.78 Å². The summed E-state index contributed by atoms with van der Waals surface area (Å²) in [4.78, 5) is 24.6. The van der Waals surface area contributed by atoms with E-state index in [0.29, 0.717) is 21.4 Å². The molecule has 0 fully saturated rings. The second kappa shape index (κ2) is 8.07. The molecule has 144 valence electrons. The summed E-state index contributed by atoms with van der Waals surface area (Å²) >= 11 is 11.9. The van der Waals surface area contributed by atoms with Crippen molar-refractivity contribution in [3.8, 4) is 11.3 Å². The van der Waals surface area contributed by atoms with Gasteiger partial charge in [0.25, 0.3) is 5.56 Å². The number of hydrogen-bond donors (Lipinski definition) is 1. The monoisotopic (exact) mass is 423 g/mol. The molecule has 0 aliphatic rings. The standard InChI is InChI=1S/C22H15Cl2N3O2/c23-18-9-8-15(12-19(18)24)25-21(28)13-27-22(29)11-10-20(26-27)17-7-3-5-14-4-1-2-6-16(14)17/h1-12H,13H2,(H,25,28). The SMILES string of the molecule is O=C(Cn1nc(-c2cccc3ccccc23)ccc1=O)Nc1ccc(Cl)c(Cl)c1. The molecule has 1 amide bonds. The third-order valence-electron chi connectivity index (χ3n) is 4.43. The second-order valence-corrected chi connectivity index (χ2v) is 7.23. The number of aromatic nitrogens is 2. The van der Waals surface area contributed by atoms with Crippen LogP contribution in [0.4, 0.5) is 5.69 Å². The fourth-order valence-electron chi connectivity index (χ4n) is 3.07. The summed E-state index contributed by atoms with van der Waals surface area (Å²) in [6, 6.07) is 21.7. The van der Waals surface area contributed by atoms with E-state index in [1.54, 1.807) is 24.3 Å². The number of carbonyl (C=O) groups excluding carboxylic acids is 1. The van der Waals surface area contributed by atoms with Gasteiger partial charge in [0.05, 0.1) is 15.7 Å². The van der Waals surface area contributed by atoms with Gasteiger partial charge < -0.3 is 5.32 Å². The van der Waals surface area contributed by atoms with Crippen molar-refractivity contribution in [2.24, 2.45) is 0 Å². The molecule has 0 aliphatic heterocycles. The number of amides is 1. The van der Waals surface area contributed by atoms with Crippen LogP contribution in [-0.2, 0) is 11.3 Å². The Kier molecular flexibility index (Phi) is 5.34. The van der Waals surface area contributed by atoms with E-state index in [2.05, 4.69) is 10.4 Å². The van der Waals surface area contributed by atoms with Crippen LogP contribution >= 0.6 is 23.2 Å². The van der Waals surface area contributed by atoms with Gasteiger partial charge in [-0.1, -0.05) is 65.7 Å². The van der Waals surface area contributed by atoms with Gasteiger partial charge in [-0.05, 0) is 35.0 Å². The largest absolute Gasteiger partial charge is 0.324 e. The quantitative estimate of drug-likeness (QED) is 0.501. The first-order valence-electron chi connectivity index (χ1n) is 8.82. The lowest BCUT2D eigenvalue weighted by Crippen LogP contribution is -2.29. The van der Waals surface area contributed by atoms with Gasteiger partial charge in [-0.25, -0.2) is 4.68 Å². The summed E-state index contributed by atoms with van der Waals surface area (Å²) < 4.78 is 1.14. The molecule has 0 bridgehead atoms. The highest BCUT2D eigenvalue weighted by atomic mass is 35.5. The number of benzene rings is 3. The van der Waals surface area contributed by atoms with Crippen LogP contribution in [0.2, 0.25) is 10.0 Å². The van der Waals surface area contributed by atoms with Crippen LogP contribution in [0.1, 0.15) is 0 Å². The Balaban J connectivity index is 1.62. The maximum atomic E-state index is 12.4. The first-order chi connectivity index (χ1) is 14.0. The minimum absolute atomic E-state index is 0.225. The van der Waals surface area contributed by atoms with E-state index in [9.17, 15) is 9.59 Å².